The summed E-state index contributed by atoms with van der Waals surface area (Å²) in [6.07, 6.45) is -2.06. The van der Waals surface area contributed by atoms with Crippen molar-refractivity contribution in [3.05, 3.63) is 42.5 Å². The molecule has 0 heterocycles. The molecule has 17 heavy (non-hydrogen) atoms. The monoisotopic (exact) mass is 308 g/mol. The van der Waals surface area contributed by atoms with E-state index in [1.165, 1.54) is 0 Å². The molecule has 94 valence electrons. The van der Waals surface area contributed by atoms with Gasteiger partial charge in [-0.1, -0.05) is 40.2 Å². The van der Waals surface area contributed by atoms with Gasteiger partial charge in [0, 0.05) is 0 Å². The Kier molecular flexibility index (Phi) is 5.05. The van der Waals surface area contributed by atoms with Crippen LogP contribution in [0.3, 0.4) is 0 Å². The number of allylic oxidation sites excluding steroid dienone is 1. The molecule has 1 unspecified atom stereocenters. The Bertz CT molecular complexity index is 376. The Morgan fingerprint density at radius 2 is 2.00 bits per heavy atom. The summed E-state index contributed by atoms with van der Waals surface area (Å²) in [5.74, 6) is 0.459. The van der Waals surface area contributed by atoms with Crippen molar-refractivity contribution in [2.24, 2.45) is 0 Å². The van der Waals surface area contributed by atoms with Crippen molar-refractivity contribution in [2.75, 3.05) is 6.61 Å². The summed E-state index contributed by atoms with van der Waals surface area (Å²) in [6, 6.07) is 6.97. The molecule has 0 spiro atoms. The van der Waals surface area contributed by atoms with E-state index in [2.05, 4.69) is 22.5 Å². The van der Waals surface area contributed by atoms with Gasteiger partial charge >= 0.3 is 6.18 Å². The smallest absolute Gasteiger partial charge is 0.404 e. The summed E-state index contributed by atoms with van der Waals surface area (Å²) in [6.45, 7) is 3.14. The van der Waals surface area contributed by atoms with Gasteiger partial charge in [-0.05, 0) is 18.1 Å². The third-order valence-corrected chi connectivity index (χ3v) is 2.86. The lowest BCUT2D eigenvalue weighted by Crippen LogP contribution is -2.29. The fourth-order valence-corrected chi connectivity index (χ4v) is 1.36. The van der Waals surface area contributed by atoms with Crippen molar-refractivity contribution in [2.45, 2.75) is 17.4 Å². The lowest BCUT2D eigenvalue weighted by atomic mass is 10.1. The summed E-state index contributed by atoms with van der Waals surface area (Å²) >= 11 is 2.55. The van der Waals surface area contributed by atoms with Crippen LogP contribution in [0, 0.1) is 0 Å². The molecule has 1 aromatic rings. The molecule has 0 N–H and O–H groups in total. The van der Waals surface area contributed by atoms with E-state index in [-0.39, 0.29) is 0 Å². The van der Waals surface area contributed by atoms with Gasteiger partial charge in [-0.25, -0.2) is 0 Å². The molecule has 0 saturated carbocycles. The van der Waals surface area contributed by atoms with Crippen LogP contribution in [0.2, 0.25) is 0 Å². The number of rotatable bonds is 5. The Morgan fingerprint density at radius 3 is 2.59 bits per heavy atom. The normalized spacial score (nSPS) is 13.2. The minimum atomic E-state index is -4.30. The van der Waals surface area contributed by atoms with E-state index >= 15 is 0 Å². The highest BCUT2D eigenvalue weighted by atomic mass is 79.9. The minimum Gasteiger partial charge on any atom is -0.492 e. The Labute approximate surface area is 106 Å². The van der Waals surface area contributed by atoms with Gasteiger partial charge in [-0.2, -0.15) is 13.2 Å². The predicted molar refractivity (Wildman–Crippen MR) is 64.6 cm³/mol. The van der Waals surface area contributed by atoms with Crippen LogP contribution in [0.25, 0.3) is 0 Å². The second kappa shape index (κ2) is 6.10. The van der Waals surface area contributed by atoms with Gasteiger partial charge in [0.15, 0.2) is 0 Å². The van der Waals surface area contributed by atoms with Crippen molar-refractivity contribution in [3.8, 4) is 5.75 Å². The van der Waals surface area contributed by atoms with E-state index in [9.17, 15) is 13.2 Å². The Balaban J connectivity index is 2.66. The highest BCUT2D eigenvalue weighted by molar-refractivity contribution is 9.09. The molecule has 1 rings (SSSR count). The Morgan fingerprint density at radius 1 is 1.35 bits per heavy atom. The van der Waals surface area contributed by atoms with Crippen LogP contribution < -0.4 is 4.74 Å². The third-order valence-electron chi connectivity index (χ3n) is 2.08. The quantitative estimate of drug-likeness (QED) is 0.587. The number of hydrogen-bond donors (Lipinski definition) is 0. The topological polar surface area (TPSA) is 9.23 Å². The van der Waals surface area contributed by atoms with Crippen molar-refractivity contribution < 1.29 is 17.9 Å². The summed E-state index contributed by atoms with van der Waals surface area (Å²) in [5, 5.41) is 0. The lowest BCUT2D eigenvalue weighted by Gasteiger charge is -2.16. The maximum Gasteiger partial charge on any atom is 0.404 e. The molecule has 0 aliphatic heterocycles. The molecule has 0 aliphatic carbocycles. The van der Waals surface area contributed by atoms with Gasteiger partial charge in [-0.15, -0.1) is 6.58 Å². The first-order valence-electron chi connectivity index (χ1n) is 4.97. The standard InChI is InChI=1S/C12H12BrF3O/c1-2-5-9-6-3-4-7-10(9)17-8-11(13)12(14,15)16/h2-4,6-7,11H,1,5,8H2. The van der Waals surface area contributed by atoms with Crippen LogP contribution in [-0.2, 0) is 6.42 Å². The molecule has 0 aliphatic rings. The molecule has 1 nitrogen and oxygen atoms in total. The molecule has 0 fully saturated rings. The van der Waals surface area contributed by atoms with E-state index in [0.29, 0.717) is 12.2 Å². The van der Waals surface area contributed by atoms with Gasteiger partial charge in [-0.3, -0.25) is 0 Å². The maximum absolute atomic E-state index is 12.3. The zero-order valence-electron chi connectivity index (χ0n) is 9.01. The number of hydrogen-bond acceptors (Lipinski definition) is 1. The van der Waals surface area contributed by atoms with Crippen LogP contribution >= 0.6 is 15.9 Å². The molecule has 0 bridgehead atoms. The fraction of sp³-hybridized carbons (Fsp3) is 0.333. The van der Waals surface area contributed by atoms with Crippen molar-refractivity contribution in [1.29, 1.82) is 0 Å². The minimum absolute atomic E-state index is 0.447. The first-order chi connectivity index (χ1) is 7.95. The van der Waals surface area contributed by atoms with Gasteiger partial charge < -0.3 is 4.74 Å². The molecule has 1 aromatic carbocycles. The number of benzene rings is 1. The molecular formula is C12H12BrF3O. The third kappa shape index (κ3) is 4.42. The second-order valence-electron chi connectivity index (χ2n) is 3.42. The van der Waals surface area contributed by atoms with Crippen molar-refractivity contribution in [3.63, 3.8) is 0 Å². The van der Waals surface area contributed by atoms with E-state index in [0.717, 1.165) is 5.56 Å². The fourth-order valence-electron chi connectivity index (χ4n) is 1.23. The lowest BCUT2D eigenvalue weighted by molar-refractivity contribution is -0.132. The van der Waals surface area contributed by atoms with Gasteiger partial charge in [0.25, 0.3) is 0 Å². The number of halogens is 4. The highest BCUT2D eigenvalue weighted by Crippen LogP contribution is 2.28. The van der Waals surface area contributed by atoms with Crippen molar-refractivity contribution in [1.82, 2.24) is 0 Å². The van der Waals surface area contributed by atoms with E-state index in [1.807, 2.05) is 0 Å². The van der Waals surface area contributed by atoms with Gasteiger partial charge in [0.1, 0.15) is 17.2 Å². The van der Waals surface area contributed by atoms with Gasteiger partial charge in [0.2, 0.25) is 0 Å². The molecule has 0 saturated heterocycles. The zero-order chi connectivity index (χ0) is 12.9. The molecule has 1 atom stereocenters. The first kappa shape index (κ1) is 14.1. The average molecular weight is 309 g/mol. The number of alkyl halides is 4. The van der Waals surface area contributed by atoms with E-state index < -0.39 is 17.6 Å². The summed E-state index contributed by atoms with van der Waals surface area (Å²) in [4.78, 5) is -1.66. The number of para-hydroxylation sites is 1. The Hall–Kier alpha value is -0.970. The molecule has 0 radical (unpaired) electrons. The molecular weight excluding hydrogens is 297 g/mol. The summed E-state index contributed by atoms with van der Waals surface area (Å²) in [5.41, 5.74) is 0.823. The van der Waals surface area contributed by atoms with Crippen LogP contribution in [0.15, 0.2) is 36.9 Å². The van der Waals surface area contributed by atoms with Crippen LogP contribution in [0.1, 0.15) is 5.56 Å². The van der Waals surface area contributed by atoms with E-state index in [1.54, 1.807) is 30.3 Å². The largest absolute Gasteiger partial charge is 0.492 e. The van der Waals surface area contributed by atoms with Crippen LogP contribution in [-0.4, -0.2) is 17.6 Å². The molecule has 5 heteroatoms. The highest BCUT2D eigenvalue weighted by Gasteiger charge is 2.38. The number of ether oxygens (including phenoxy) is 1. The summed E-state index contributed by atoms with van der Waals surface area (Å²) in [7, 11) is 0. The predicted octanol–water partition coefficient (Wildman–Crippen LogP) is 4.12. The summed E-state index contributed by atoms with van der Waals surface area (Å²) < 4.78 is 41.9. The first-order valence-corrected chi connectivity index (χ1v) is 5.89. The van der Waals surface area contributed by atoms with Crippen molar-refractivity contribution >= 4 is 15.9 Å². The average Bonchev–Trinajstić information content (AvgIpc) is 2.26. The van der Waals surface area contributed by atoms with Crippen LogP contribution in [0.5, 0.6) is 5.75 Å². The molecule has 0 amide bonds. The van der Waals surface area contributed by atoms with Gasteiger partial charge in [0.05, 0.1) is 0 Å². The van der Waals surface area contributed by atoms with Crippen LogP contribution in [0.4, 0.5) is 13.2 Å². The SMILES string of the molecule is C=CCc1ccccc1OCC(Br)C(F)(F)F. The zero-order valence-corrected chi connectivity index (χ0v) is 10.6. The maximum atomic E-state index is 12.3. The second-order valence-corrected chi connectivity index (χ2v) is 4.53. The van der Waals surface area contributed by atoms with E-state index in [4.69, 9.17) is 4.74 Å². The molecule has 0 aromatic heterocycles.